The van der Waals surface area contributed by atoms with Crippen molar-refractivity contribution in [3.8, 4) is 5.75 Å². The van der Waals surface area contributed by atoms with Crippen LogP contribution in [0.15, 0.2) is 12.1 Å². The molecule has 1 heterocycles. The highest BCUT2D eigenvalue weighted by Gasteiger charge is 2.32. The van der Waals surface area contributed by atoms with Crippen LogP contribution in [0.1, 0.15) is 68.9 Å². The van der Waals surface area contributed by atoms with Gasteiger partial charge in [-0.15, -0.1) is 0 Å². The van der Waals surface area contributed by atoms with E-state index >= 15 is 0 Å². The van der Waals surface area contributed by atoms with Gasteiger partial charge in [-0.3, -0.25) is 4.79 Å². The van der Waals surface area contributed by atoms with E-state index in [4.69, 9.17) is 14.2 Å². The molecule has 1 aliphatic rings. The Bertz CT molecular complexity index is 764. The lowest BCUT2D eigenvalue weighted by Gasteiger charge is -2.29. The van der Waals surface area contributed by atoms with Gasteiger partial charge in [-0.1, -0.05) is 13.8 Å². The number of carbonyl (C=O) groups is 2. The van der Waals surface area contributed by atoms with Crippen molar-refractivity contribution in [2.24, 2.45) is 0 Å². The number of hydrogen-bond acceptors (Lipinski definition) is 6. The lowest BCUT2D eigenvalue weighted by Crippen LogP contribution is -2.50. The molecule has 8 heteroatoms. The highest BCUT2D eigenvalue weighted by Crippen LogP contribution is 2.28. The molecule has 2 rings (SSSR count). The summed E-state index contributed by atoms with van der Waals surface area (Å²) in [5, 5.41) is 13.5. The highest BCUT2D eigenvalue weighted by atomic mass is 16.7. The van der Waals surface area contributed by atoms with Gasteiger partial charge in [0, 0.05) is 25.8 Å². The summed E-state index contributed by atoms with van der Waals surface area (Å²) in [6.45, 7) is 10.3. The van der Waals surface area contributed by atoms with Crippen molar-refractivity contribution >= 4 is 12.0 Å². The quantitative estimate of drug-likeness (QED) is 0.619. The molecular weight excluding hydrogens is 412 g/mol. The van der Waals surface area contributed by atoms with Gasteiger partial charge >= 0.3 is 6.09 Å². The Balaban J connectivity index is 2.21. The van der Waals surface area contributed by atoms with Gasteiger partial charge in [0.1, 0.15) is 11.4 Å². The van der Waals surface area contributed by atoms with Crippen molar-refractivity contribution in [2.75, 3.05) is 27.0 Å². The minimum atomic E-state index is -0.744. The molecule has 0 bridgehead atoms. The molecule has 2 atom stereocenters. The standard InChI is InChI=1S/C24H38N2O6/c1-7-16-12-18(13-17(8-2)21(16)31-15-30-6)22(28)25-19-14-26(11-9-10-20(19)27)23(29)32-24(3,4)5/h12-13,19-20,27H,7-11,14-15H2,1-6H3,(H,25,28)/t19-,20-/m1/s1. The van der Waals surface area contributed by atoms with Gasteiger partial charge in [-0.25, -0.2) is 4.79 Å². The molecule has 180 valence electrons. The Morgan fingerprint density at radius 2 is 1.81 bits per heavy atom. The maximum atomic E-state index is 13.1. The lowest BCUT2D eigenvalue weighted by atomic mass is 9.99. The van der Waals surface area contributed by atoms with E-state index in [0.717, 1.165) is 16.9 Å². The highest BCUT2D eigenvalue weighted by molar-refractivity contribution is 5.95. The van der Waals surface area contributed by atoms with Crippen molar-refractivity contribution in [3.63, 3.8) is 0 Å². The van der Waals surface area contributed by atoms with Gasteiger partial charge in [0.05, 0.1) is 12.1 Å². The van der Waals surface area contributed by atoms with Gasteiger partial charge in [-0.05, 0) is 69.7 Å². The van der Waals surface area contributed by atoms with Crippen LogP contribution in [0.2, 0.25) is 0 Å². The van der Waals surface area contributed by atoms with Gasteiger partial charge in [0.2, 0.25) is 0 Å². The van der Waals surface area contributed by atoms with Crippen molar-refractivity contribution in [1.29, 1.82) is 0 Å². The number of ether oxygens (including phenoxy) is 3. The van der Waals surface area contributed by atoms with E-state index in [0.29, 0.717) is 37.8 Å². The van der Waals surface area contributed by atoms with E-state index in [-0.39, 0.29) is 19.2 Å². The molecule has 1 fully saturated rings. The fourth-order valence-electron chi connectivity index (χ4n) is 3.74. The molecule has 1 saturated heterocycles. The molecule has 0 unspecified atom stereocenters. The Labute approximate surface area is 191 Å². The Kier molecular flexibility index (Phi) is 9.33. The smallest absolute Gasteiger partial charge is 0.410 e. The number of aliphatic hydroxyl groups is 1. The molecule has 0 aromatic heterocycles. The number of likely N-dealkylation sites (tertiary alicyclic amines) is 1. The normalized spacial score (nSPS) is 19.3. The average Bonchev–Trinajstić information content (AvgIpc) is 2.91. The fraction of sp³-hybridized carbons (Fsp3) is 0.667. The van der Waals surface area contributed by atoms with Crippen LogP contribution >= 0.6 is 0 Å². The van der Waals surface area contributed by atoms with Crippen LogP contribution in [-0.4, -0.2) is 66.7 Å². The zero-order valence-corrected chi connectivity index (χ0v) is 20.2. The third-order valence-electron chi connectivity index (χ3n) is 5.37. The molecule has 0 spiro atoms. The largest absolute Gasteiger partial charge is 0.467 e. The first-order valence-electron chi connectivity index (χ1n) is 11.3. The third kappa shape index (κ3) is 7.10. The minimum Gasteiger partial charge on any atom is -0.467 e. The summed E-state index contributed by atoms with van der Waals surface area (Å²) in [7, 11) is 1.57. The third-order valence-corrected chi connectivity index (χ3v) is 5.37. The van der Waals surface area contributed by atoms with Crippen LogP contribution in [0.5, 0.6) is 5.75 Å². The van der Waals surface area contributed by atoms with Gasteiger partial charge in [0.15, 0.2) is 6.79 Å². The molecule has 1 aliphatic heterocycles. The zero-order chi connectivity index (χ0) is 23.9. The minimum absolute atomic E-state index is 0.139. The monoisotopic (exact) mass is 450 g/mol. The summed E-state index contributed by atoms with van der Waals surface area (Å²) in [4.78, 5) is 27.2. The molecule has 0 aliphatic carbocycles. The van der Waals surface area contributed by atoms with Crippen LogP contribution in [0.25, 0.3) is 0 Å². The molecule has 2 amide bonds. The molecule has 0 radical (unpaired) electrons. The number of aryl methyl sites for hydroxylation is 2. The first-order chi connectivity index (χ1) is 15.1. The Morgan fingerprint density at radius 1 is 1.19 bits per heavy atom. The molecular formula is C24H38N2O6. The van der Waals surface area contributed by atoms with Crippen molar-refractivity contribution < 1.29 is 28.9 Å². The van der Waals surface area contributed by atoms with Gasteiger partial charge in [-0.2, -0.15) is 0 Å². The summed E-state index contributed by atoms with van der Waals surface area (Å²) >= 11 is 0. The van der Waals surface area contributed by atoms with Crippen molar-refractivity contribution in [2.45, 2.75) is 78.0 Å². The summed E-state index contributed by atoms with van der Waals surface area (Å²) in [6.07, 6.45) is 1.35. The topological polar surface area (TPSA) is 97.3 Å². The summed E-state index contributed by atoms with van der Waals surface area (Å²) in [6, 6.07) is 3.04. The van der Waals surface area contributed by atoms with Crippen molar-refractivity contribution in [1.82, 2.24) is 10.2 Å². The molecule has 1 aromatic carbocycles. The number of methoxy groups -OCH3 is 1. The maximum Gasteiger partial charge on any atom is 0.410 e. The van der Waals surface area contributed by atoms with Crippen molar-refractivity contribution in [3.05, 3.63) is 28.8 Å². The molecule has 1 aromatic rings. The number of rotatable bonds is 7. The summed E-state index contributed by atoms with van der Waals surface area (Å²) < 4.78 is 16.3. The van der Waals surface area contributed by atoms with Crippen LogP contribution < -0.4 is 10.1 Å². The molecule has 2 N–H and O–H groups in total. The first kappa shape index (κ1) is 25.9. The van der Waals surface area contributed by atoms with Gasteiger partial charge in [0.25, 0.3) is 5.91 Å². The van der Waals surface area contributed by atoms with Gasteiger partial charge < -0.3 is 29.5 Å². The molecule has 8 nitrogen and oxygen atoms in total. The second-order valence-electron chi connectivity index (χ2n) is 9.10. The average molecular weight is 451 g/mol. The first-order valence-corrected chi connectivity index (χ1v) is 11.3. The second-order valence-corrected chi connectivity index (χ2v) is 9.10. The lowest BCUT2D eigenvalue weighted by molar-refractivity contribution is 0.0223. The number of nitrogens with zero attached hydrogens (tertiary/aromatic N) is 1. The van der Waals surface area contributed by atoms with E-state index < -0.39 is 23.8 Å². The second kappa shape index (κ2) is 11.5. The van der Waals surface area contributed by atoms with E-state index in [9.17, 15) is 14.7 Å². The number of hydrogen-bond donors (Lipinski definition) is 2. The number of carbonyl (C=O) groups excluding carboxylic acids is 2. The van der Waals surface area contributed by atoms with E-state index in [1.807, 2.05) is 46.8 Å². The van der Waals surface area contributed by atoms with E-state index in [2.05, 4.69) is 5.32 Å². The van der Waals surface area contributed by atoms with E-state index in [1.165, 1.54) is 0 Å². The maximum absolute atomic E-state index is 13.1. The van der Waals surface area contributed by atoms with Crippen LogP contribution in [-0.2, 0) is 22.3 Å². The molecule has 0 saturated carbocycles. The van der Waals surface area contributed by atoms with E-state index in [1.54, 1.807) is 12.0 Å². The predicted octanol–water partition coefficient (Wildman–Crippen LogP) is 3.28. The molecule has 32 heavy (non-hydrogen) atoms. The predicted molar refractivity (Wildman–Crippen MR) is 122 cm³/mol. The number of nitrogens with one attached hydrogen (secondary N) is 1. The fourth-order valence-corrected chi connectivity index (χ4v) is 3.74. The SMILES string of the molecule is CCc1cc(C(=O)N[C@@H]2CN(C(=O)OC(C)(C)C)CCC[C@H]2O)cc(CC)c1OCOC. The van der Waals surface area contributed by atoms with Crippen LogP contribution in [0.3, 0.4) is 0 Å². The zero-order valence-electron chi connectivity index (χ0n) is 20.2. The Hall–Kier alpha value is -2.32. The summed E-state index contributed by atoms with van der Waals surface area (Å²) in [5.74, 6) is 0.460. The summed E-state index contributed by atoms with van der Waals surface area (Å²) in [5.41, 5.74) is 1.73. The van der Waals surface area contributed by atoms with Crippen LogP contribution in [0, 0.1) is 0 Å². The number of amides is 2. The van der Waals surface area contributed by atoms with Crippen LogP contribution in [0.4, 0.5) is 4.79 Å². The Morgan fingerprint density at radius 3 is 2.34 bits per heavy atom. The number of aliphatic hydroxyl groups excluding tert-OH is 1. The number of benzene rings is 1.